The molecule has 2 rings (SSSR count). The molecule has 1 heterocycles. The molecule has 1 atom stereocenters. The number of nitrogens with zero attached hydrogens (tertiary/aromatic N) is 1. The molecule has 74 valence electrons. The van der Waals surface area contributed by atoms with Gasteiger partial charge in [-0.05, 0) is 31.3 Å². The van der Waals surface area contributed by atoms with E-state index in [0.717, 1.165) is 12.8 Å². The van der Waals surface area contributed by atoms with Gasteiger partial charge in [0.1, 0.15) is 0 Å². The Labute approximate surface area is 88.6 Å². The van der Waals surface area contributed by atoms with Crippen molar-refractivity contribution >= 4 is 11.3 Å². The maximum absolute atomic E-state index is 9.25. The van der Waals surface area contributed by atoms with Gasteiger partial charge in [0, 0.05) is 4.88 Å². The molecular weight excluding hydrogens is 192 g/mol. The van der Waals surface area contributed by atoms with Gasteiger partial charge in [-0.3, -0.25) is 0 Å². The Kier molecular flexibility index (Phi) is 2.58. The van der Waals surface area contributed by atoms with Crippen molar-refractivity contribution < 1.29 is 0 Å². The third kappa shape index (κ3) is 1.35. The van der Waals surface area contributed by atoms with Crippen LogP contribution in [0.1, 0.15) is 30.2 Å². The lowest BCUT2D eigenvalue weighted by Gasteiger charge is -2.41. The lowest BCUT2D eigenvalue weighted by molar-refractivity contribution is 0.151. The molecule has 14 heavy (non-hydrogen) atoms. The van der Waals surface area contributed by atoms with Gasteiger partial charge in [0.15, 0.2) is 0 Å². The molecule has 0 spiro atoms. The Morgan fingerprint density at radius 1 is 1.64 bits per heavy atom. The van der Waals surface area contributed by atoms with Crippen LogP contribution in [0.2, 0.25) is 0 Å². The molecule has 2 nitrogen and oxygen atoms in total. The first kappa shape index (κ1) is 9.70. The highest BCUT2D eigenvalue weighted by molar-refractivity contribution is 7.10. The second-order valence-electron chi connectivity index (χ2n) is 3.86. The quantitative estimate of drug-likeness (QED) is 0.825. The molecule has 1 fully saturated rings. The maximum atomic E-state index is 9.25. The Morgan fingerprint density at radius 2 is 2.43 bits per heavy atom. The molecule has 0 aromatic carbocycles. The predicted molar refractivity (Wildman–Crippen MR) is 58.0 cm³/mol. The third-order valence-electron chi connectivity index (χ3n) is 3.14. The lowest BCUT2D eigenvalue weighted by Crippen LogP contribution is -2.40. The van der Waals surface area contributed by atoms with Crippen LogP contribution in [0.4, 0.5) is 0 Å². The Morgan fingerprint density at radius 3 is 2.79 bits per heavy atom. The summed E-state index contributed by atoms with van der Waals surface area (Å²) in [7, 11) is 1.95. The third-order valence-corrected chi connectivity index (χ3v) is 4.07. The van der Waals surface area contributed by atoms with Gasteiger partial charge in [-0.15, -0.1) is 11.3 Å². The molecule has 3 heteroatoms. The maximum Gasteiger partial charge on any atom is 0.0776 e. The fourth-order valence-electron chi connectivity index (χ4n) is 2.17. The molecular formula is C11H14N2S. The van der Waals surface area contributed by atoms with Crippen LogP contribution < -0.4 is 5.32 Å². The van der Waals surface area contributed by atoms with Crippen molar-refractivity contribution in [1.29, 1.82) is 5.26 Å². The van der Waals surface area contributed by atoms with Crippen LogP contribution in [0, 0.1) is 16.7 Å². The van der Waals surface area contributed by atoms with Gasteiger partial charge >= 0.3 is 0 Å². The van der Waals surface area contributed by atoms with E-state index in [1.54, 1.807) is 11.3 Å². The van der Waals surface area contributed by atoms with E-state index in [0.29, 0.717) is 0 Å². The van der Waals surface area contributed by atoms with Crippen LogP contribution in [-0.2, 0) is 0 Å². The summed E-state index contributed by atoms with van der Waals surface area (Å²) in [4.78, 5) is 1.29. The van der Waals surface area contributed by atoms with Gasteiger partial charge in [-0.2, -0.15) is 5.26 Å². The van der Waals surface area contributed by atoms with Crippen LogP contribution >= 0.6 is 11.3 Å². The average molecular weight is 206 g/mol. The number of rotatable bonds is 3. The van der Waals surface area contributed by atoms with E-state index in [1.165, 1.54) is 11.3 Å². The number of thiophene rings is 1. The van der Waals surface area contributed by atoms with Gasteiger partial charge < -0.3 is 5.32 Å². The zero-order chi connectivity index (χ0) is 10.0. The first-order valence-electron chi connectivity index (χ1n) is 4.94. The highest BCUT2D eigenvalue weighted by Crippen LogP contribution is 2.50. The summed E-state index contributed by atoms with van der Waals surface area (Å²) in [6, 6.07) is 6.89. The van der Waals surface area contributed by atoms with E-state index >= 15 is 0 Å². The minimum absolute atomic E-state index is 0.139. The summed E-state index contributed by atoms with van der Waals surface area (Å²) in [5, 5.41) is 14.6. The number of nitrogens with one attached hydrogen (secondary N) is 1. The van der Waals surface area contributed by atoms with E-state index in [9.17, 15) is 5.26 Å². The van der Waals surface area contributed by atoms with Crippen molar-refractivity contribution in [2.24, 2.45) is 5.41 Å². The highest BCUT2D eigenvalue weighted by atomic mass is 32.1. The van der Waals surface area contributed by atoms with Crippen molar-refractivity contribution in [1.82, 2.24) is 5.32 Å². The molecule has 0 saturated heterocycles. The summed E-state index contributed by atoms with van der Waals surface area (Å²) < 4.78 is 0. The summed E-state index contributed by atoms with van der Waals surface area (Å²) >= 11 is 1.73. The summed E-state index contributed by atoms with van der Waals surface area (Å²) in [5.74, 6) is 0. The molecule has 0 bridgehead atoms. The zero-order valence-corrected chi connectivity index (χ0v) is 9.10. The Hall–Kier alpha value is -0.850. The lowest BCUT2D eigenvalue weighted by atomic mass is 9.64. The summed E-state index contributed by atoms with van der Waals surface area (Å²) in [5.41, 5.74) is -0.139. The fourth-order valence-corrected chi connectivity index (χ4v) is 3.12. The molecule has 1 aliphatic rings. The van der Waals surface area contributed by atoms with Crippen molar-refractivity contribution in [3.8, 4) is 6.07 Å². The van der Waals surface area contributed by atoms with Crippen molar-refractivity contribution in [3.63, 3.8) is 0 Å². The van der Waals surface area contributed by atoms with Crippen molar-refractivity contribution in [2.45, 2.75) is 25.3 Å². The Balaban J connectivity index is 2.26. The van der Waals surface area contributed by atoms with Gasteiger partial charge in [0.05, 0.1) is 17.5 Å². The molecule has 1 saturated carbocycles. The molecule has 1 aliphatic carbocycles. The second kappa shape index (κ2) is 3.72. The van der Waals surface area contributed by atoms with E-state index in [4.69, 9.17) is 0 Å². The minimum atomic E-state index is -0.139. The Bertz CT molecular complexity index is 333. The van der Waals surface area contributed by atoms with Crippen LogP contribution in [0.25, 0.3) is 0 Å². The number of nitriles is 1. The number of hydrogen-bond acceptors (Lipinski definition) is 3. The molecule has 0 aliphatic heterocycles. The minimum Gasteiger partial charge on any atom is -0.311 e. The summed E-state index contributed by atoms with van der Waals surface area (Å²) in [6.45, 7) is 0. The van der Waals surface area contributed by atoms with Crippen LogP contribution in [0.3, 0.4) is 0 Å². The normalized spacial score (nSPS) is 20.9. The second-order valence-corrected chi connectivity index (χ2v) is 4.84. The molecule has 1 unspecified atom stereocenters. The van der Waals surface area contributed by atoms with Crippen LogP contribution in [0.15, 0.2) is 17.5 Å². The van der Waals surface area contributed by atoms with Gasteiger partial charge in [0.2, 0.25) is 0 Å². The SMILES string of the molecule is CNC(c1cccs1)C1(C#N)CCC1. The largest absolute Gasteiger partial charge is 0.311 e. The van der Waals surface area contributed by atoms with Crippen molar-refractivity contribution in [3.05, 3.63) is 22.4 Å². The number of hydrogen-bond donors (Lipinski definition) is 1. The topological polar surface area (TPSA) is 35.8 Å². The zero-order valence-electron chi connectivity index (χ0n) is 8.29. The molecule has 1 aromatic rings. The van der Waals surface area contributed by atoms with Gasteiger partial charge in [0.25, 0.3) is 0 Å². The monoisotopic (exact) mass is 206 g/mol. The van der Waals surface area contributed by atoms with E-state index in [2.05, 4.69) is 22.8 Å². The summed E-state index contributed by atoms with van der Waals surface area (Å²) in [6.07, 6.45) is 3.26. The first-order chi connectivity index (χ1) is 6.82. The van der Waals surface area contributed by atoms with Crippen LogP contribution in [-0.4, -0.2) is 7.05 Å². The van der Waals surface area contributed by atoms with E-state index in [-0.39, 0.29) is 11.5 Å². The molecule has 1 N–H and O–H groups in total. The predicted octanol–water partition coefficient (Wildman–Crippen LogP) is 2.70. The fraction of sp³-hybridized carbons (Fsp3) is 0.545. The van der Waals surface area contributed by atoms with Crippen LogP contribution in [0.5, 0.6) is 0 Å². The standard InChI is InChI=1S/C11H14N2S/c1-13-10(9-4-2-7-14-9)11(8-12)5-3-6-11/h2,4,7,10,13H,3,5-6H2,1H3. The van der Waals surface area contributed by atoms with Gasteiger partial charge in [-0.1, -0.05) is 12.5 Å². The van der Waals surface area contributed by atoms with Crippen molar-refractivity contribution in [2.75, 3.05) is 7.05 Å². The van der Waals surface area contributed by atoms with E-state index < -0.39 is 0 Å². The molecule has 0 amide bonds. The van der Waals surface area contributed by atoms with Gasteiger partial charge in [-0.25, -0.2) is 0 Å². The van der Waals surface area contributed by atoms with E-state index in [1.807, 2.05) is 13.1 Å². The molecule has 1 aromatic heterocycles. The average Bonchev–Trinajstić information content (AvgIpc) is 2.63. The highest BCUT2D eigenvalue weighted by Gasteiger charge is 2.45. The molecule has 0 radical (unpaired) electrons. The first-order valence-corrected chi connectivity index (χ1v) is 5.82. The smallest absolute Gasteiger partial charge is 0.0776 e.